The molecule has 0 spiro atoms. The van der Waals surface area contributed by atoms with Crippen LogP contribution in [0.5, 0.6) is 0 Å². The number of hydrogen-bond acceptors (Lipinski definition) is 4. The first kappa shape index (κ1) is 19.9. The Balaban J connectivity index is 1.77. The van der Waals surface area contributed by atoms with Gasteiger partial charge in [-0.3, -0.25) is 14.4 Å². The number of carbonyl (C=O) groups excluding carboxylic acids is 3. The van der Waals surface area contributed by atoms with Crippen LogP contribution in [0.3, 0.4) is 0 Å². The van der Waals surface area contributed by atoms with Gasteiger partial charge in [-0.1, -0.05) is 32.0 Å². The highest BCUT2D eigenvalue weighted by atomic mass is 16.4. The number of aliphatic carboxylic acids is 1. The number of aromatic nitrogens is 1. The molecule has 1 fully saturated rings. The molecule has 4 amide bonds. The Kier molecular flexibility index (Phi) is 4.56. The third-order valence-corrected chi connectivity index (χ3v) is 6.09. The van der Waals surface area contributed by atoms with E-state index in [2.05, 4.69) is 10.3 Å². The number of urea groups is 1. The second kappa shape index (κ2) is 6.86. The summed E-state index contributed by atoms with van der Waals surface area (Å²) in [7, 11) is 0. The topological polar surface area (TPSA) is 123 Å². The van der Waals surface area contributed by atoms with Gasteiger partial charge in [0.15, 0.2) is 5.54 Å². The van der Waals surface area contributed by atoms with Gasteiger partial charge in [-0.15, -0.1) is 0 Å². The van der Waals surface area contributed by atoms with Crippen molar-refractivity contribution >= 4 is 34.7 Å². The van der Waals surface area contributed by atoms with Gasteiger partial charge >= 0.3 is 12.0 Å². The number of hydrogen-bond donors (Lipinski definition) is 3. The summed E-state index contributed by atoms with van der Waals surface area (Å²) in [4.78, 5) is 56.3. The molecule has 3 N–H and O–H groups in total. The third-order valence-electron chi connectivity index (χ3n) is 6.09. The van der Waals surface area contributed by atoms with Crippen molar-refractivity contribution in [2.45, 2.75) is 38.8 Å². The standard InChI is InChI=1S/C21H24N4O5/c1-11(2)16(18(28)22-10-15(26)27)25-19(29)21(3)17-13(8-9-24(21)20(25)30)12-6-4-5-7-14(12)23-17/h4-7,11,16,23H,8-10H2,1-3H3,(H,22,28)(H,26,27)/t16-,21-/m0/s1. The summed E-state index contributed by atoms with van der Waals surface area (Å²) < 4.78 is 0. The van der Waals surface area contributed by atoms with Crippen LogP contribution < -0.4 is 5.32 Å². The SMILES string of the molecule is CC(C)[C@@H](C(=O)NCC(=O)O)N1C(=O)N2CCc3c([nH]c4ccccc34)[C@@]2(C)C1=O. The van der Waals surface area contributed by atoms with Gasteiger partial charge in [-0.25, -0.2) is 9.69 Å². The monoisotopic (exact) mass is 412 g/mol. The average molecular weight is 412 g/mol. The lowest BCUT2D eigenvalue weighted by atomic mass is 9.86. The minimum Gasteiger partial charge on any atom is -0.480 e. The fraction of sp³-hybridized carbons (Fsp3) is 0.429. The van der Waals surface area contributed by atoms with Crippen LogP contribution in [-0.4, -0.2) is 62.8 Å². The number of para-hydroxylation sites is 1. The number of carboxylic acids is 1. The summed E-state index contributed by atoms with van der Waals surface area (Å²) in [6.45, 7) is 4.92. The van der Waals surface area contributed by atoms with E-state index in [4.69, 9.17) is 5.11 Å². The fourth-order valence-corrected chi connectivity index (χ4v) is 4.65. The maximum atomic E-state index is 13.6. The first-order chi connectivity index (χ1) is 14.2. The highest BCUT2D eigenvalue weighted by molar-refractivity contribution is 6.11. The molecule has 1 saturated heterocycles. The van der Waals surface area contributed by atoms with Gasteiger partial charge in [0.25, 0.3) is 5.91 Å². The summed E-state index contributed by atoms with van der Waals surface area (Å²) >= 11 is 0. The Morgan fingerprint density at radius 3 is 2.63 bits per heavy atom. The van der Waals surface area contributed by atoms with Crippen LogP contribution in [0.1, 0.15) is 32.0 Å². The number of benzene rings is 1. The van der Waals surface area contributed by atoms with Crippen molar-refractivity contribution < 1.29 is 24.3 Å². The van der Waals surface area contributed by atoms with E-state index in [0.717, 1.165) is 21.4 Å². The van der Waals surface area contributed by atoms with E-state index in [1.165, 1.54) is 4.90 Å². The molecule has 4 rings (SSSR count). The lowest BCUT2D eigenvalue weighted by molar-refractivity contribution is -0.142. The highest BCUT2D eigenvalue weighted by Crippen LogP contribution is 2.45. The van der Waals surface area contributed by atoms with Gasteiger partial charge in [-0.05, 0) is 30.9 Å². The van der Waals surface area contributed by atoms with Crippen molar-refractivity contribution in [1.82, 2.24) is 20.1 Å². The number of carboxylic acid groups (broad SMARTS) is 1. The van der Waals surface area contributed by atoms with E-state index in [0.29, 0.717) is 18.7 Å². The molecule has 9 heteroatoms. The first-order valence-corrected chi connectivity index (χ1v) is 9.92. The van der Waals surface area contributed by atoms with E-state index in [1.807, 2.05) is 24.3 Å². The van der Waals surface area contributed by atoms with Crippen molar-refractivity contribution in [3.63, 3.8) is 0 Å². The second-order valence-corrected chi connectivity index (χ2v) is 8.26. The zero-order valence-corrected chi connectivity index (χ0v) is 17.1. The lowest BCUT2D eigenvalue weighted by Gasteiger charge is -2.36. The maximum absolute atomic E-state index is 13.6. The minimum absolute atomic E-state index is 0.355. The Labute approximate surface area is 173 Å². The van der Waals surface area contributed by atoms with Gasteiger partial charge < -0.3 is 20.3 Å². The van der Waals surface area contributed by atoms with Crippen molar-refractivity contribution in [2.75, 3.05) is 13.1 Å². The Morgan fingerprint density at radius 1 is 1.27 bits per heavy atom. The van der Waals surface area contributed by atoms with Gasteiger partial charge in [0.05, 0.1) is 5.69 Å². The third kappa shape index (κ3) is 2.68. The second-order valence-electron chi connectivity index (χ2n) is 8.26. The number of imide groups is 1. The van der Waals surface area contributed by atoms with Crippen LogP contribution in [0.4, 0.5) is 4.79 Å². The molecule has 158 valence electrons. The largest absolute Gasteiger partial charge is 0.480 e. The molecule has 2 aliphatic heterocycles. The molecule has 0 bridgehead atoms. The number of rotatable bonds is 5. The number of amides is 4. The van der Waals surface area contributed by atoms with Crippen LogP contribution in [0, 0.1) is 5.92 Å². The molecular weight excluding hydrogens is 388 g/mol. The van der Waals surface area contributed by atoms with Crippen LogP contribution in [0.15, 0.2) is 24.3 Å². The molecule has 2 aliphatic rings. The molecule has 0 saturated carbocycles. The fourth-order valence-electron chi connectivity index (χ4n) is 4.65. The van der Waals surface area contributed by atoms with Crippen LogP contribution in [0.25, 0.3) is 10.9 Å². The van der Waals surface area contributed by atoms with Gasteiger partial charge in [-0.2, -0.15) is 0 Å². The number of H-pyrrole nitrogens is 1. The van der Waals surface area contributed by atoms with Gasteiger partial charge in [0.1, 0.15) is 12.6 Å². The summed E-state index contributed by atoms with van der Waals surface area (Å²) in [6.07, 6.45) is 0.597. The number of carbonyl (C=O) groups is 4. The van der Waals surface area contributed by atoms with Crippen molar-refractivity contribution in [2.24, 2.45) is 5.92 Å². The predicted octanol–water partition coefficient (Wildman–Crippen LogP) is 1.43. The number of nitrogens with one attached hydrogen (secondary N) is 2. The number of aromatic amines is 1. The van der Waals surface area contributed by atoms with E-state index < -0.39 is 41.9 Å². The number of nitrogens with zero attached hydrogens (tertiary/aromatic N) is 2. The predicted molar refractivity (Wildman–Crippen MR) is 108 cm³/mol. The van der Waals surface area contributed by atoms with Gasteiger partial charge in [0, 0.05) is 17.4 Å². The molecule has 3 heterocycles. The van der Waals surface area contributed by atoms with E-state index in [1.54, 1.807) is 20.8 Å². The molecule has 0 unspecified atom stereocenters. The maximum Gasteiger partial charge on any atom is 0.328 e. The zero-order valence-electron chi connectivity index (χ0n) is 17.1. The molecular formula is C21H24N4O5. The molecule has 9 nitrogen and oxygen atoms in total. The first-order valence-electron chi connectivity index (χ1n) is 9.92. The van der Waals surface area contributed by atoms with E-state index in [9.17, 15) is 19.2 Å². The summed E-state index contributed by atoms with van der Waals surface area (Å²) in [5, 5.41) is 12.2. The summed E-state index contributed by atoms with van der Waals surface area (Å²) in [5.41, 5.74) is 1.32. The molecule has 0 radical (unpaired) electrons. The smallest absolute Gasteiger partial charge is 0.328 e. The van der Waals surface area contributed by atoms with Crippen LogP contribution in [-0.2, 0) is 26.3 Å². The summed E-state index contributed by atoms with van der Waals surface area (Å²) in [5.74, 6) is -2.73. The van der Waals surface area contributed by atoms with Crippen molar-refractivity contribution in [1.29, 1.82) is 0 Å². The Morgan fingerprint density at radius 2 is 1.97 bits per heavy atom. The average Bonchev–Trinajstić information content (AvgIpc) is 3.16. The molecule has 1 aromatic carbocycles. The molecule has 2 aromatic rings. The highest BCUT2D eigenvalue weighted by Gasteiger charge is 2.61. The van der Waals surface area contributed by atoms with Gasteiger partial charge in [0.2, 0.25) is 5.91 Å². The van der Waals surface area contributed by atoms with Crippen LogP contribution >= 0.6 is 0 Å². The lowest BCUT2D eigenvalue weighted by Crippen LogP contribution is -2.54. The molecule has 1 aromatic heterocycles. The molecule has 30 heavy (non-hydrogen) atoms. The normalized spacial score (nSPS) is 21.7. The number of fused-ring (bicyclic) bond motifs is 5. The Bertz CT molecular complexity index is 1070. The van der Waals surface area contributed by atoms with Crippen molar-refractivity contribution in [3.05, 3.63) is 35.5 Å². The van der Waals surface area contributed by atoms with E-state index >= 15 is 0 Å². The van der Waals surface area contributed by atoms with Crippen LogP contribution in [0.2, 0.25) is 0 Å². The Hall–Kier alpha value is -3.36. The quantitative estimate of drug-likeness (QED) is 0.641. The molecule has 2 atom stereocenters. The summed E-state index contributed by atoms with van der Waals surface area (Å²) in [6, 6.07) is 6.12. The van der Waals surface area contributed by atoms with Crippen molar-refractivity contribution in [3.8, 4) is 0 Å². The molecule has 0 aliphatic carbocycles. The van der Waals surface area contributed by atoms with E-state index in [-0.39, 0.29) is 5.92 Å². The zero-order chi connectivity index (χ0) is 21.8. The minimum atomic E-state index is -1.25.